The standard InChI is InChI=1S/C14H23N5O/c1-14(2,10-15)19-7-5-18(6-8-19)12-4-3-11(9-17-12)13(16)20/h3-4,9H,5-8,10,15H2,1-2H3,(H2,16,20). The van der Waals surface area contributed by atoms with Gasteiger partial charge in [0, 0.05) is 44.5 Å². The summed E-state index contributed by atoms with van der Waals surface area (Å²) >= 11 is 0. The maximum absolute atomic E-state index is 11.0. The molecule has 1 fully saturated rings. The molecule has 0 bridgehead atoms. The van der Waals surface area contributed by atoms with Crippen LogP contribution in [0, 0.1) is 0 Å². The summed E-state index contributed by atoms with van der Waals surface area (Å²) in [5.41, 5.74) is 11.5. The van der Waals surface area contributed by atoms with Gasteiger partial charge in [0.25, 0.3) is 0 Å². The van der Waals surface area contributed by atoms with Crippen molar-refractivity contribution >= 4 is 11.7 Å². The largest absolute Gasteiger partial charge is 0.366 e. The Morgan fingerprint density at radius 1 is 1.30 bits per heavy atom. The van der Waals surface area contributed by atoms with Crippen LogP contribution >= 0.6 is 0 Å². The molecule has 2 heterocycles. The number of anilines is 1. The molecule has 0 radical (unpaired) electrons. The molecule has 0 aliphatic carbocycles. The second-order valence-corrected chi connectivity index (χ2v) is 5.76. The molecule has 6 nitrogen and oxygen atoms in total. The minimum atomic E-state index is -0.446. The number of primary amides is 1. The van der Waals surface area contributed by atoms with Crippen LogP contribution in [0.25, 0.3) is 0 Å². The van der Waals surface area contributed by atoms with Gasteiger partial charge < -0.3 is 16.4 Å². The van der Waals surface area contributed by atoms with Crippen molar-refractivity contribution in [3.63, 3.8) is 0 Å². The highest BCUT2D eigenvalue weighted by atomic mass is 16.1. The number of pyridine rings is 1. The molecule has 20 heavy (non-hydrogen) atoms. The third-order valence-corrected chi connectivity index (χ3v) is 3.99. The Kier molecular flexibility index (Phi) is 4.25. The summed E-state index contributed by atoms with van der Waals surface area (Å²) in [6, 6.07) is 3.57. The number of carbonyl (C=O) groups excluding carboxylic acids is 1. The molecule has 1 amide bonds. The molecule has 4 N–H and O–H groups in total. The van der Waals surface area contributed by atoms with E-state index in [9.17, 15) is 4.79 Å². The average Bonchev–Trinajstić information content (AvgIpc) is 2.47. The molecule has 110 valence electrons. The first-order valence-corrected chi connectivity index (χ1v) is 6.90. The highest BCUT2D eigenvalue weighted by molar-refractivity contribution is 5.92. The van der Waals surface area contributed by atoms with Gasteiger partial charge in [-0.05, 0) is 26.0 Å². The molecule has 1 saturated heterocycles. The highest BCUT2D eigenvalue weighted by Gasteiger charge is 2.28. The van der Waals surface area contributed by atoms with Gasteiger partial charge in [0.2, 0.25) is 5.91 Å². The number of carbonyl (C=O) groups is 1. The Labute approximate surface area is 119 Å². The third kappa shape index (κ3) is 3.08. The summed E-state index contributed by atoms with van der Waals surface area (Å²) < 4.78 is 0. The highest BCUT2D eigenvalue weighted by Crippen LogP contribution is 2.19. The molecular weight excluding hydrogens is 254 g/mol. The van der Waals surface area contributed by atoms with Crippen LogP contribution in [0.15, 0.2) is 18.3 Å². The lowest BCUT2D eigenvalue weighted by Crippen LogP contribution is -2.57. The Morgan fingerprint density at radius 2 is 1.95 bits per heavy atom. The lowest BCUT2D eigenvalue weighted by Gasteiger charge is -2.43. The molecule has 1 aromatic heterocycles. The zero-order valence-electron chi connectivity index (χ0n) is 12.2. The van der Waals surface area contributed by atoms with Gasteiger partial charge in [0.05, 0.1) is 5.56 Å². The number of rotatable bonds is 4. The Balaban J connectivity index is 1.98. The SMILES string of the molecule is CC(C)(CN)N1CCN(c2ccc(C(N)=O)cn2)CC1. The number of amides is 1. The first-order valence-electron chi connectivity index (χ1n) is 6.90. The van der Waals surface area contributed by atoms with Gasteiger partial charge in [-0.2, -0.15) is 0 Å². The fourth-order valence-corrected chi connectivity index (χ4v) is 2.39. The third-order valence-electron chi connectivity index (χ3n) is 3.99. The van der Waals surface area contributed by atoms with Crippen LogP contribution in [0.4, 0.5) is 5.82 Å². The van der Waals surface area contributed by atoms with Crippen LogP contribution in [-0.2, 0) is 0 Å². The maximum atomic E-state index is 11.0. The number of hydrogen-bond donors (Lipinski definition) is 2. The summed E-state index contributed by atoms with van der Waals surface area (Å²) in [7, 11) is 0. The van der Waals surface area contributed by atoms with E-state index in [1.165, 1.54) is 6.20 Å². The predicted octanol–water partition coefficient (Wildman–Crippen LogP) is 0.0398. The molecule has 6 heteroatoms. The van der Waals surface area contributed by atoms with Crippen molar-refractivity contribution in [2.24, 2.45) is 11.5 Å². The lowest BCUT2D eigenvalue weighted by atomic mass is 10.0. The quantitative estimate of drug-likeness (QED) is 0.811. The van der Waals surface area contributed by atoms with Crippen molar-refractivity contribution < 1.29 is 4.79 Å². The summed E-state index contributed by atoms with van der Waals surface area (Å²) in [5.74, 6) is 0.443. The molecule has 0 aromatic carbocycles. The number of aromatic nitrogens is 1. The van der Waals surface area contributed by atoms with Crippen molar-refractivity contribution in [1.29, 1.82) is 0 Å². The molecule has 0 unspecified atom stereocenters. The molecule has 2 rings (SSSR count). The Morgan fingerprint density at radius 3 is 2.40 bits per heavy atom. The van der Waals surface area contributed by atoms with E-state index in [1.54, 1.807) is 6.07 Å². The molecular formula is C14H23N5O. The number of piperazine rings is 1. The minimum absolute atomic E-state index is 0.0370. The van der Waals surface area contributed by atoms with E-state index in [-0.39, 0.29) is 5.54 Å². The minimum Gasteiger partial charge on any atom is -0.366 e. The lowest BCUT2D eigenvalue weighted by molar-refractivity contribution is 0.1000. The molecule has 0 saturated carbocycles. The van der Waals surface area contributed by atoms with Crippen molar-refractivity contribution in [2.45, 2.75) is 19.4 Å². The summed E-state index contributed by atoms with van der Waals surface area (Å²) in [6.45, 7) is 8.73. The van der Waals surface area contributed by atoms with Gasteiger partial charge in [0.15, 0.2) is 0 Å². The topological polar surface area (TPSA) is 88.5 Å². The second kappa shape index (κ2) is 5.76. The predicted molar refractivity (Wildman–Crippen MR) is 79.7 cm³/mol. The smallest absolute Gasteiger partial charge is 0.250 e. The van der Waals surface area contributed by atoms with E-state index in [0.717, 1.165) is 32.0 Å². The normalized spacial score (nSPS) is 17.2. The van der Waals surface area contributed by atoms with Crippen LogP contribution in [0.1, 0.15) is 24.2 Å². The molecule has 1 aromatic rings. The zero-order chi connectivity index (χ0) is 14.8. The monoisotopic (exact) mass is 277 g/mol. The van der Waals surface area contributed by atoms with Crippen LogP contribution < -0.4 is 16.4 Å². The van der Waals surface area contributed by atoms with Gasteiger partial charge in [-0.25, -0.2) is 4.98 Å². The van der Waals surface area contributed by atoms with E-state index in [1.807, 2.05) is 6.07 Å². The number of hydrogen-bond acceptors (Lipinski definition) is 5. The second-order valence-electron chi connectivity index (χ2n) is 5.76. The van der Waals surface area contributed by atoms with Gasteiger partial charge in [-0.3, -0.25) is 9.69 Å². The van der Waals surface area contributed by atoms with Crippen LogP contribution in [0.3, 0.4) is 0 Å². The van der Waals surface area contributed by atoms with E-state index >= 15 is 0 Å². The summed E-state index contributed by atoms with van der Waals surface area (Å²) in [5, 5.41) is 0. The molecule has 1 aliphatic heterocycles. The summed E-state index contributed by atoms with van der Waals surface area (Å²) in [4.78, 5) is 20.0. The van der Waals surface area contributed by atoms with E-state index in [0.29, 0.717) is 12.1 Å². The summed E-state index contributed by atoms with van der Waals surface area (Å²) in [6.07, 6.45) is 1.54. The molecule has 1 aliphatic rings. The van der Waals surface area contributed by atoms with Gasteiger partial charge in [-0.15, -0.1) is 0 Å². The maximum Gasteiger partial charge on any atom is 0.250 e. The van der Waals surface area contributed by atoms with Crippen molar-refractivity contribution in [2.75, 3.05) is 37.6 Å². The van der Waals surface area contributed by atoms with E-state index in [4.69, 9.17) is 11.5 Å². The van der Waals surface area contributed by atoms with Crippen molar-refractivity contribution in [3.05, 3.63) is 23.9 Å². The van der Waals surface area contributed by atoms with Gasteiger partial charge >= 0.3 is 0 Å². The fraction of sp³-hybridized carbons (Fsp3) is 0.571. The van der Waals surface area contributed by atoms with Crippen molar-refractivity contribution in [3.8, 4) is 0 Å². The first kappa shape index (κ1) is 14.7. The van der Waals surface area contributed by atoms with Crippen LogP contribution in [0.2, 0.25) is 0 Å². The van der Waals surface area contributed by atoms with E-state index < -0.39 is 5.91 Å². The number of nitrogens with zero attached hydrogens (tertiary/aromatic N) is 3. The first-order chi connectivity index (χ1) is 9.44. The Hall–Kier alpha value is -1.66. The van der Waals surface area contributed by atoms with Crippen LogP contribution in [0.5, 0.6) is 0 Å². The fourth-order valence-electron chi connectivity index (χ4n) is 2.39. The van der Waals surface area contributed by atoms with E-state index in [2.05, 4.69) is 28.6 Å². The van der Waals surface area contributed by atoms with Crippen LogP contribution in [-0.4, -0.2) is 54.1 Å². The van der Waals surface area contributed by atoms with Gasteiger partial charge in [0.1, 0.15) is 5.82 Å². The van der Waals surface area contributed by atoms with Crippen molar-refractivity contribution in [1.82, 2.24) is 9.88 Å². The average molecular weight is 277 g/mol. The number of nitrogens with two attached hydrogens (primary N) is 2. The molecule has 0 spiro atoms. The van der Waals surface area contributed by atoms with Gasteiger partial charge in [-0.1, -0.05) is 0 Å². The zero-order valence-corrected chi connectivity index (χ0v) is 12.2. The molecule has 0 atom stereocenters. The Bertz CT molecular complexity index is 463.